The second kappa shape index (κ2) is 14.2. The van der Waals surface area contributed by atoms with Gasteiger partial charge in [0, 0.05) is 57.4 Å². The number of amides is 1. The molecule has 1 aliphatic heterocycles. The predicted octanol–water partition coefficient (Wildman–Crippen LogP) is 5.46. The van der Waals surface area contributed by atoms with Crippen LogP contribution in [0.1, 0.15) is 60.7 Å². The van der Waals surface area contributed by atoms with E-state index in [-0.39, 0.29) is 5.91 Å². The van der Waals surface area contributed by atoms with E-state index < -0.39 is 0 Å². The van der Waals surface area contributed by atoms with E-state index in [4.69, 9.17) is 9.47 Å². The van der Waals surface area contributed by atoms with Crippen LogP contribution >= 0.6 is 0 Å². The number of hydrogen-bond acceptors (Lipinski definition) is 5. The topological polar surface area (TPSA) is 59.8 Å². The van der Waals surface area contributed by atoms with E-state index in [9.17, 15) is 4.79 Å². The highest BCUT2D eigenvalue weighted by Gasteiger charge is 2.20. The van der Waals surface area contributed by atoms with Crippen molar-refractivity contribution < 1.29 is 14.3 Å². The minimum Gasteiger partial charge on any atom is -0.490 e. The number of carbonyl (C=O) groups excluding carboxylic acids is 1. The molecule has 0 N–H and O–H groups in total. The quantitative estimate of drug-likeness (QED) is 0.404. The zero-order valence-electron chi connectivity index (χ0n) is 24.1. The van der Waals surface area contributed by atoms with Crippen LogP contribution in [0.5, 0.6) is 11.5 Å². The van der Waals surface area contributed by atoms with Crippen molar-refractivity contribution >= 4 is 5.91 Å². The summed E-state index contributed by atoms with van der Waals surface area (Å²) in [6, 6.07) is 16.7. The molecule has 0 atom stereocenters. The number of fused-ring (bicyclic) bond motifs is 1. The molecule has 0 unspecified atom stereocenters. The molecule has 1 aliphatic rings. The van der Waals surface area contributed by atoms with Gasteiger partial charge in [0.15, 0.2) is 11.5 Å². The molecule has 0 spiro atoms. The Bertz CT molecular complexity index is 1210. The molecule has 3 aromatic rings. The van der Waals surface area contributed by atoms with Gasteiger partial charge < -0.3 is 14.4 Å². The highest BCUT2D eigenvalue weighted by Crippen LogP contribution is 2.33. The van der Waals surface area contributed by atoms with Crippen molar-refractivity contribution in [2.24, 2.45) is 7.05 Å². The number of rotatable bonds is 7. The van der Waals surface area contributed by atoms with Gasteiger partial charge in [-0.2, -0.15) is 5.10 Å². The summed E-state index contributed by atoms with van der Waals surface area (Å²) < 4.78 is 14.2. The molecular formula is C32H44N4O3. The standard InChI is InChI=1S/C32H44N4O3/c1-5-38-30-16-12-15-28-24-35(23-27-13-8-6-9-14-27)20-21-36(19-10-7-11-22-39-32(28)30)31(37)18-17-29-25(2)33-34(4)26(29)3/h6,8-9,12-16H,5,7,10-11,17-24H2,1-4H3. The van der Waals surface area contributed by atoms with Crippen LogP contribution in [0, 0.1) is 13.8 Å². The molecule has 210 valence electrons. The first-order chi connectivity index (χ1) is 19.0. The SMILES string of the molecule is CCOc1cccc2c1OCCCCCN(C(=O)CCc1c(C)nn(C)c1C)CCN(Cc1ccccc1)C2. The molecule has 1 aromatic heterocycles. The maximum atomic E-state index is 13.5. The number of aryl methyl sites for hydroxylation is 2. The van der Waals surface area contributed by atoms with Crippen LogP contribution in [-0.2, 0) is 31.4 Å². The molecule has 0 fully saturated rings. The first-order valence-electron chi connectivity index (χ1n) is 14.4. The molecule has 1 amide bonds. The molecule has 0 bridgehead atoms. The van der Waals surface area contributed by atoms with Crippen molar-refractivity contribution in [1.82, 2.24) is 19.6 Å². The van der Waals surface area contributed by atoms with E-state index in [1.54, 1.807) is 0 Å². The highest BCUT2D eigenvalue weighted by atomic mass is 16.5. The van der Waals surface area contributed by atoms with Gasteiger partial charge in [-0.05, 0) is 63.6 Å². The molecule has 0 saturated carbocycles. The van der Waals surface area contributed by atoms with E-state index in [2.05, 4.69) is 52.2 Å². The van der Waals surface area contributed by atoms with E-state index >= 15 is 0 Å². The fourth-order valence-corrected chi connectivity index (χ4v) is 5.36. The molecular weight excluding hydrogens is 488 g/mol. The van der Waals surface area contributed by atoms with Crippen molar-refractivity contribution in [1.29, 1.82) is 0 Å². The van der Waals surface area contributed by atoms with E-state index in [0.717, 1.165) is 80.3 Å². The summed E-state index contributed by atoms with van der Waals surface area (Å²) in [6.45, 7) is 11.1. The van der Waals surface area contributed by atoms with Crippen molar-refractivity contribution in [3.8, 4) is 11.5 Å². The molecule has 2 heterocycles. The van der Waals surface area contributed by atoms with Crippen molar-refractivity contribution in [2.45, 2.75) is 66.0 Å². The lowest BCUT2D eigenvalue weighted by atomic mass is 10.1. The minimum atomic E-state index is 0.225. The summed E-state index contributed by atoms with van der Waals surface area (Å²) in [5.74, 6) is 1.89. The van der Waals surface area contributed by atoms with Gasteiger partial charge in [-0.1, -0.05) is 42.5 Å². The second-order valence-corrected chi connectivity index (χ2v) is 10.4. The molecule has 4 rings (SSSR count). The first-order valence-corrected chi connectivity index (χ1v) is 14.4. The van der Waals surface area contributed by atoms with Crippen molar-refractivity contribution in [3.63, 3.8) is 0 Å². The van der Waals surface area contributed by atoms with E-state index in [0.29, 0.717) is 26.2 Å². The van der Waals surface area contributed by atoms with Gasteiger partial charge in [0.2, 0.25) is 5.91 Å². The Morgan fingerprint density at radius 2 is 1.82 bits per heavy atom. The van der Waals surface area contributed by atoms with Crippen LogP contribution in [0.3, 0.4) is 0 Å². The van der Waals surface area contributed by atoms with Gasteiger partial charge in [0.05, 0.1) is 18.9 Å². The third-order valence-corrected chi connectivity index (χ3v) is 7.61. The summed E-state index contributed by atoms with van der Waals surface area (Å²) in [7, 11) is 1.97. The van der Waals surface area contributed by atoms with Gasteiger partial charge in [0.25, 0.3) is 0 Å². The van der Waals surface area contributed by atoms with Crippen LogP contribution in [0.2, 0.25) is 0 Å². The van der Waals surface area contributed by atoms with Crippen LogP contribution in [0.25, 0.3) is 0 Å². The van der Waals surface area contributed by atoms with Crippen LogP contribution in [0.15, 0.2) is 48.5 Å². The summed E-state index contributed by atoms with van der Waals surface area (Å²) >= 11 is 0. The lowest BCUT2D eigenvalue weighted by molar-refractivity contribution is -0.131. The summed E-state index contributed by atoms with van der Waals surface area (Å²) in [5, 5.41) is 4.53. The Balaban J connectivity index is 1.53. The Kier molecular flexibility index (Phi) is 10.4. The smallest absolute Gasteiger partial charge is 0.222 e. The van der Waals surface area contributed by atoms with Gasteiger partial charge in [-0.15, -0.1) is 0 Å². The maximum Gasteiger partial charge on any atom is 0.222 e. The Hall–Kier alpha value is -3.32. The second-order valence-electron chi connectivity index (χ2n) is 10.4. The predicted molar refractivity (Wildman–Crippen MR) is 155 cm³/mol. The lowest BCUT2D eigenvalue weighted by Crippen LogP contribution is -2.39. The summed E-state index contributed by atoms with van der Waals surface area (Å²) in [5.41, 5.74) is 5.74. The number of benzene rings is 2. The maximum absolute atomic E-state index is 13.5. The Morgan fingerprint density at radius 3 is 2.56 bits per heavy atom. The van der Waals surface area contributed by atoms with Crippen molar-refractivity contribution in [3.05, 3.63) is 76.6 Å². The van der Waals surface area contributed by atoms with E-state index in [1.165, 1.54) is 11.1 Å². The fraction of sp³-hybridized carbons (Fsp3) is 0.500. The number of nitrogens with zero attached hydrogens (tertiary/aromatic N) is 4. The third kappa shape index (κ3) is 7.85. The molecule has 2 aromatic carbocycles. The normalized spacial score (nSPS) is 15.4. The van der Waals surface area contributed by atoms with Gasteiger partial charge in [-0.25, -0.2) is 0 Å². The lowest BCUT2D eigenvalue weighted by Gasteiger charge is -2.29. The largest absolute Gasteiger partial charge is 0.490 e. The van der Waals surface area contributed by atoms with Crippen LogP contribution < -0.4 is 9.47 Å². The molecule has 7 nitrogen and oxygen atoms in total. The highest BCUT2D eigenvalue weighted by molar-refractivity contribution is 5.76. The summed E-state index contributed by atoms with van der Waals surface area (Å²) in [6.07, 6.45) is 4.18. The summed E-state index contributed by atoms with van der Waals surface area (Å²) in [4.78, 5) is 18.0. The average molecular weight is 533 g/mol. The molecule has 0 saturated heterocycles. The molecule has 0 aliphatic carbocycles. The minimum absolute atomic E-state index is 0.225. The number of hydrogen-bond donors (Lipinski definition) is 0. The zero-order chi connectivity index (χ0) is 27.6. The number of para-hydroxylation sites is 1. The Labute approximate surface area is 233 Å². The average Bonchev–Trinajstić information content (AvgIpc) is 3.18. The van der Waals surface area contributed by atoms with Crippen LogP contribution in [-0.4, -0.2) is 58.3 Å². The number of ether oxygens (including phenoxy) is 2. The Morgan fingerprint density at radius 1 is 1.00 bits per heavy atom. The van der Waals surface area contributed by atoms with E-state index in [1.807, 2.05) is 43.8 Å². The molecule has 7 heteroatoms. The first kappa shape index (κ1) is 28.7. The molecule has 0 radical (unpaired) electrons. The van der Waals surface area contributed by atoms with Gasteiger partial charge in [0.1, 0.15) is 0 Å². The number of aromatic nitrogens is 2. The van der Waals surface area contributed by atoms with Crippen molar-refractivity contribution in [2.75, 3.05) is 32.8 Å². The third-order valence-electron chi connectivity index (χ3n) is 7.61. The van der Waals surface area contributed by atoms with Gasteiger partial charge >= 0.3 is 0 Å². The zero-order valence-corrected chi connectivity index (χ0v) is 24.1. The molecule has 39 heavy (non-hydrogen) atoms. The fourth-order valence-electron chi connectivity index (χ4n) is 5.36. The monoisotopic (exact) mass is 532 g/mol. The van der Waals surface area contributed by atoms with Gasteiger partial charge in [-0.3, -0.25) is 14.4 Å². The number of carbonyl (C=O) groups is 1. The van der Waals surface area contributed by atoms with Crippen LogP contribution in [0.4, 0.5) is 0 Å².